The molecule has 2 aliphatic rings. The molecule has 2 nitrogen and oxygen atoms in total. The molecule has 0 radical (unpaired) electrons. The maximum atomic E-state index is 11.4. The molecule has 1 aromatic carbocycles. The Kier molecular flexibility index (Phi) is 2.30. The van der Waals surface area contributed by atoms with Gasteiger partial charge in [-0.2, -0.15) is 0 Å². The molecule has 1 heterocycles. The molecule has 88 valence electrons. The normalized spacial score (nSPS) is 30.5. The molecule has 3 rings (SSSR count). The number of benzene rings is 1. The zero-order valence-corrected chi connectivity index (χ0v) is 10.4. The summed E-state index contributed by atoms with van der Waals surface area (Å²) in [5.41, 5.74) is 2.50. The Labute approximate surface area is 106 Å². The highest BCUT2D eigenvalue weighted by Gasteiger charge is 2.41. The van der Waals surface area contributed by atoms with Crippen molar-refractivity contribution >= 4 is 17.5 Å². The number of halogens is 1. The maximum absolute atomic E-state index is 11.4. The molecule has 0 unspecified atom stereocenters. The maximum Gasteiger partial charge on any atom is 0.243 e. The van der Waals surface area contributed by atoms with Crippen molar-refractivity contribution in [3.05, 3.63) is 46.5 Å². The van der Waals surface area contributed by atoms with Crippen LogP contribution in [-0.2, 0) is 16.6 Å². The Morgan fingerprint density at radius 2 is 2.29 bits per heavy atom. The summed E-state index contributed by atoms with van der Waals surface area (Å²) >= 11 is 6.03. The van der Waals surface area contributed by atoms with Crippen LogP contribution in [0.5, 0.6) is 0 Å². The van der Waals surface area contributed by atoms with Crippen LogP contribution in [-0.4, -0.2) is 11.9 Å². The van der Waals surface area contributed by atoms with E-state index in [1.165, 1.54) is 11.1 Å². The molecule has 0 bridgehead atoms. The van der Waals surface area contributed by atoms with E-state index in [1.54, 1.807) is 6.08 Å². The minimum Gasteiger partial charge on any atom is -0.349 e. The number of aryl methyl sites for hydroxylation is 1. The minimum absolute atomic E-state index is 0.0184. The average molecular weight is 248 g/mol. The molecular weight excluding hydrogens is 234 g/mol. The van der Waals surface area contributed by atoms with Gasteiger partial charge in [-0.05, 0) is 49.1 Å². The lowest BCUT2D eigenvalue weighted by Crippen LogP contribution is -2.53. The van der Waals surface area contributed by atoms with Crippen molar-refractivity contribution in [1.29, 1.82) is 0 Å². The highest BCUT2D eigenvalue weighted by atomic mass is 35.5. The lowest BCUT2D eigenvalue weighted by Gasteiger charge is -2.43. The van der Waals surface area contributed by atoms with Gasteiger partial charge < -0.3 is 5.32 Å². The minimum atomic E-state index is -0.0912. The lowest BCUT2D eigenvalue weighted by molar-refractivity contribution is -0.118. The summed E-state index contributed by atoms with van der Waals surface area (Å²) in [5.74, 6) is 0.0184. The summed E-state index contributed by atoms with van der Waals surface area (Å²) < 4.78 is 0. The van der Waals surface area contributed by atoms with Gasteiger partial charge in [-0.25, -0.2) is 0 Å². The van der Waals surface area contributed by atoms with Crippen LogP contribution in [0.3, 0.4) is 0 Å². The van der Waals surface area contributed by atoms with Gasteiger partial charge in [-0.15, -0.1) is 0 Å². The average Bonchev–Trinajstić information content (AvgIpc) is 2.30. The third-order valence-corrected chi connectivity index (χ3v) is 4.21. The van der Waals surface area contributed by atoms with E-state index in [-0.39, 0.29) is 17.4 Å². The highest BCUT2D eigenvalue weighted by Crippen LogP contribution is 2.40. The SMILES string of the molecule is C[C@]12C=CC(=O)N[C@@H]1CCc1cc(Cl)ccc12. The monoisotopic (exact) mass is 247 g/mol. The van der Waals surface area contributed by atoms with Gasteiger partial charge in [-0.1, -0.05) is 23.7 Å². The van der Waals surface area contributed by atoms with Crippen molar-refractivity contribution in [1.82, 2.24) is 5.32 Å². The molecule has 2 atom stereocenters. The molecule has 1 aromatic rings. The zero-order valence-electron chi connectivity index (χ0n) is 9.66. The van der Waals surface area contributed by atoms with Crippen LogP contribution in [0.1, 0.15) is 24.5 Å². The molecule has 0 saturated carbocycles. The molecule has 1 amide bonds. The second kappa shape index (κ2) is 3.61. The number of carbonyl (C=O) groups excluding carboxylic acids is 1. The summed E-state index contributed by atoms with van der Waals surface area (Å²) in [4.78, 5) is 11.4. The number of hydrogen-bond donors (Lipinski definition) is 1. The topological polar surface area (TPSA) is 29.1 Å². The molecule has 1 aliphatic carbocycles. The van der Waals surface area contributed by atoms with Crippen molar-refractivity contribution in [2.45, 2.75) is 31.2 Å². The lowest BCUT2D eigenvalue weighted by atomic mass is 9.66. The van der Waals surface area contributed by atoms with Crippen LogP contribution in [0.25, 0.3) is 0 Å². The Balaban J connectivity index is 2.15. The van der Waals surface area contributed by atoms with Gasteiger partial charge in [0.1, 0.15) is 0 Å². The van der Waals surface area contributed by atoms with Crippen LogP contribution in [0.15, 0.2) is 30.4 Å². The number of amides is 1. The fourth-order valence-electron chi connectivity index (χ4n) is 2.98. The summed E-state index contributed by atoms with van der Waals surface area (Å²) in [6.45, 7) is 2.18. The van der Waals surface area contributed by atoms with Crippen molar-refractivity contribution in [3.8, 4) is 0 Å². The van der Waals surface area contributed by atoms with Crippen molar-refractivity contribution < 1.29 is 4.79 Å². The molecule has 1 N–H and O–H groups in total. The second-order valence-electron chi connectivity index (χ2n) is 5.02. The fraction of sp³-hybridized carbons (Fsp3) is 0.357. The highest BCUT2D eigenvalue weighted by molar-refractivity contribution is 6.30. The molecule has 0 fully saturated rings. The number of nitrogens with one attached hydrogen (secondary N) is 1. The van der Waals surface area contributed by atoms with Crippen LogP contribution in [0.4, 0.5) is 0 Å². The zero-order chi connectivity index (χ0) is 12.0. The van der Waals surface area contributed by atoms with Crippen molar-refractivity contribution in [3.63, 3.8) is 0 Å². The number of carbonyl (C=O) groups is 1. The number of hydrogen-bond acceptors (Lipinski definition) is 1. The molecule has 0 saturated heterocycles. The first-order valence-corrected chi connectivity index (χ1v) is 6.26. The Hall–Kier alpha value is -1.28. The third kappa shape index (κ3) is 1.59. The predicted octanol–water partition coefficient (Wildman–Crippen LogP) is 2.60. The molecule has 0 spiro atoms. The standard InChI is InChI=1S/C14H14ClNO/c1-14-7-6-13(17)16-12(14)5-2-9-8-10(15)3-4-11(9)14/h3-4,6-8,12H,2,5H2,1H3,(H,16,17)/t12-,14-/m1/s1. The largest absolute Gasteiger partial charge is 0.349 e. The van der Waals surface area contributed by atoms with Gasteiger partial charge in [0.15, 0.2) is 0 Å². The summed E-state index contributed by atoms with van der Waals surface area (Å²) in [6.07, 6.45) is 5.62. The second-order valence-corrected chi connectivity index (χ2v) is 5.45. The van der Waals surface area contributed by atoms with E-state index >= 15 is 0 Å². The van der Waals surface area contributed by atoms with Crippen LogP contribution >= 0.6 is 11.6 Å². The molecule has 1 aliphatic heterocycles. The van der Waals surface area contributed by atoms with Crippen LogP contribution < -0.4 is 5.32 Å². The summed E-state index contributed by atoms with van der Waals surface area (Å²) in [5, 5.41) is 3.84. The van der Waals surface area contributed by atoms with E-state index in [0.29, 0.717) is 0 Å². The summed E-state index contributed by atoms with van der Waals surface area (Å²) in [6, 6.07) is 6.26. The van der Waals surface area contributed by atoms with Gasteiger partial charge in [0, 0.05) is 16.5 Å². The first kappa shape index (κ1) is 10.8. The van der Waals surface area contributed by atoms with E-state index in [1.807, 2.05) is 18.2 Å². The Morgan fingerprint density at radius 1 is 1.47 bits per heavy atom. The molecule has 17 heavy (non-hydrogen) atoms. The van der Waals surface area contributed by atoms with Gasteiger partial charge >= 0.3 is 0 Å². The first-order chi connectivity index (χ1) is 8.09. The van der Waals surface area contributed by atoms with Gasteiger partial charge in [0.25, 0.3) is 0 Å². The Bertz CT molecular complexity index is 523. The van der Waals surface area contributed by atoms with E-state index in [4.69, 9.17) is 11.6 Å². The van der Waals surface area contributed by atoms with Gasteiger partial charge in [0.05, 0.1) is 0 Å². The third-order valence-electron chi connectivity index (χ3n) is 3.97. The molecule has 0 aromatic heterocycles. The molecule has 3 heteroatoms. The smallest absolute Gasteiger partial charge is 0.243 e. The molecular formula is C14H14ClNO. The van der Waals surface area contributed by atoms with E-state index in [2.05, 4.69) is 18.3 Å². The fourth-order valence-corrected chi connectivity index (χ4v) is 3.17. The predicted molar refractivity (Wildman–Crippen MR) is 68.2 cm³/mol. The van der Waals surface area contributed by atoms with E-state index < -0.39 is 0 Å². The van der Waals surface area contributed by atoms with Crippen molar-refractivity contribution in [2.75, 3.05) is 0 Å². The first-order valence-electron chi connectivity index (χ1n) is 5.88. The van der Waals surface area contributed by atoms with Gasteiger partial charge in [0.2, 0.25) is 5.91 Å². The number of rotatable bonds is 0. The van der Waals surface area contributed by atoms with Crippen LogP contribution in [0, 0.1) is 0 Å². The summed E-state index contributed by atoms with van der Waals surface area (Å²) in [7, 11) is 0. The number of fused-ring (bicyclic) bond motifs is 3. The van der Waals surface area contributed by atoms with Crippen molar-refractivity contribution in [2.24, 2.45) is 0 Å². The Morgan fingerprint density at radius 3 is 3.12 bits per heavy atom. The van der Waals surface area contributed by atoms with Gasteiger partial charge in [-0.3, -0.25) is 4.79 Å². The van der Waals surface area contributed by atoms with E-state index in [9.17, 15) is 4.79 Å². The van der Waals surface area contributed by atoms with Crippen LogP contribution in [0.2, 0.25) is 5.02 Å². The quantitative estimate of drug-likeness (QED) is 0.750. The van der Waals surface area contributed by atoms with E-state index in [0.717, 1.165) is 17.9 Å².